The Morgan fingerprint density at radius 2 is 2.10 bits per heavy atom. The first-order valence-corrected chi connectivity index (χ1v) is 8.56. The Bertz CT molecular complexity index is 487. The zero-order chi connectivity index (χ0) is 14.8. The third kappa shape index (κ3) is 3.71. The molecule has 3 nitrogen and oxygen atoms in total. The molecule has 1 atom stereocenters. The molecule has 1 heterocycles. The Morgan fingerprint density at radius 1 is 1.29 bits per heavy atom. The van der Waals surface area contributed by atoms with Crippen molar-refractivity contribution in [2.24, 2.45) is 0 Å². The van der Waals surface area contributed by atoms with Gasteiger partial charge in [-0.15, -0.1) is 0 Å². The van der Waals surface area contributed by atoms with Crippen molar-refractivity contribution >= 4 is 17.3 Å². The van der Waals surface area contributed by atoms with Crippen LogP contribution in [0.4, 0.5) is 5.69 Å². The molecule has 1 saturated heterocycles. The number of anilines is 1. The molecular formula is C17H26ClN3. The summed E-state index contributed by atoms with van der Waals surface area (Å²) >= 11 is 6.47. The second-order valence-electron chi connectivity index (χ2n) is 6.35. The molecule has 0 bridgehead atoms. The van der Waals surface area contributed by atoms with Gasteiger partial charge >= 0.3 is 0 Å². The van der Waals surface area contributed by atoms with Crippen LogP contribution in [0.15, 0.2) is 18.2 Å². The van der Waals surface area contributed by atoms with Crippen LogP contribution in [-0.2, 0) is 6.54 Å². The van der Waals surface area contributed by atoms with E-state index in [1.54, 1.807) is 0 Å². The van der Waals surface area contributed by atoms with Crippen molar-refractivity contribution in [3.05, 3.63) is 28.8 Å². The lowest BCUT2D eigenvalue weighted by molar-refractivity contribution is 0.199. The molecule has 2 fully saturated rings. The minimum absolute atomic E-state index is 0.610. The average Bonchev–Trinajstić information content (AvgIpc) is 3.30. The average molecular weight is 308 g/mol. The van der Waals surface area contributed by atoms with Crippen LogP contribution in [0.1, 0.15) is 32.3 Å². The van der Waals surface area contributed by atoms with E-state index in [4.69, 9.17) is 11.6 Å². The Morgan fingerprint density at radius 3 is 2.71 bits per heavy atom. The van der Waals surface area contributed by atoms with E-state index < -0.39 is 0 Å². The smallest absolute Gasteiger partial charge is 0.0471 e. The van der Waals surface area contributed by atoms with E-state index in [0.717, 1.165) is 43.8 Å². The molecule has 1 aliphatic heterocycles. The molecule has 1 aromatic carbocycles. The van der Waals surface area contributed by atoms with Gasteiger partial charge in [0, 0.05) is 49.0 Å². The molecule has 2 aliphatic rings. The topological polar surface area (TPSA) is 18.5 Å². The van der Waals surface area contributed by atoms with Crippen molar-refractivity contribution in [1.29, 1.82) is 0 Å². The van der Waals surface area contributed by atoms with Crippen LogP contribution in [0.5, 0.6) is 0 Å². The predicted octanol–water partition coefficient (Wildman–Crippen LogP) is 3.12. The Kier molecular flexibility index (Phi) is 4.72. The molecule has 1 N–H and O–H groups in total. The molecule has 0 spiro atoms. The lowest BCUT2D eigenvalue weighted by Crippen LogP contribution is -2.51. The summed E-state index contributed by atoms with van der Waals surface area (Å²) in [7, 11) is 0. The molecule has 1 aliphatic carbocycles. The standard InChI is InChI=1S/C17H26ClN3/c1-3-20-8-9-21(12-13(20)2)16-7-4-14(17(18)10-16)11-19-15-5-6-15/h4,7,10,13,15,19H,3,5-6,8-9,11-12H2,1-2H3. The third-order valence-electron chi connectivity index (χ3n) is 4.73. The maximum absolute atomic E-state index is 6.47. The molecule has 1 aromatic rings. The van der Waals surface area contributed by atoms with Crippen molar-refractivity contribution in [2.45, 2.75) is 45.3 Å². The van der Waals surface area contributed by atoms with Crippen molar-refractivity contribution < 1.29 is 0 Å². The van der Waals surface area contributed by atoms with Gasteiger partial charge in [0.2, 0.25) is 0 Å². The summed E-state index contributed by atoms with van der Waals surface area (Å²) in [4.78, 5) is 4.99. The second-order valence-corrected chi connectivity index (χ2v) is 6.76. The van der Waals surface area contributed by atoms with Crippen LogP contribution in [-0.4, -0.2) is 43.2 Å². The largest absolute Gasteiger partial charge is 0.369 e. The van der Waals surface area contributed by atoms with Gasteiger partial charge in [0.05, 0.1) is 0 Å². The molecule has 4 heteroatoms. The molecule has 0 aromatic heterocycles. The number of nitrogens with zero attached hydrogens (tertiary/aromatic N) is 2. The fourth-order valence-electron chi connectivity index (χ4n) is 3.12. The van der Waals surface area contributed by atoms with Gasteiger partial charge in [-0.1, -0.05) is 24.6 Å². The number of rotatable bonds is 5. The Hall–Kier alpha value is -0.770. The van der Waals surface area contributed by atoms with E-state index >= 15 is 0 Å². The van der Waals surface area contributed by atoms with Gasteiger partial charge in [-0.2, -0.15) is 0 Å². The van der Waals surface area contributed by atoms with Gasteiger partial charge < -0.3 is 10.2 Å². The lowest BCUT2D eigenvalue weighted by Gasteiger charge is -2.40. The van der Waals surface area contributed by atoms with Crippen molar-refractivity contribution in [2.75, 3.05) is 31.1 Å². The number of hydrogen-bond acceptors (Lipinski definition) is 3. The molecule has 3 rings (SSSR count). The minimum Gasteiger partial charge on any atom is -0.369 e. The van der Waals surface area contributed by atoms with Gasteiger partial charge in [0.25, 0.3) is 0 Å². The van der Waals surface area contributed by atoms with Gasteiger partial charge in [-0.05, 0) is 44.0 Å². The molecule has 21 heavy (non-hydrogen) atoms. The highest BCUT2D eigenvalue weighted by atomic mass is 35.5. The number of benzene rings is 1. The van der Waals surface area contributed by atoms with Gasteiger partial charge in [0.15, 0.2) is 0 Å². The third-order valence-corrected chi connectivity index (χ3v) is 5.08. The molecule has 0 radical (unpaired) electrons. The van der Waals surface area contributed by atoms with E-state index in [0.29, 0.717) is 6.04 Å². The van der Waals surface area contributed by atoms with Crippen molar-refractivity contribution in [3.8, 4) is 0 Å². The van der Waals surface area contributed by atoms with E-state index in [1.807, 2.05) is 0 Å². The number of hydrogen-bond donors (Lipinski definition) is 1. The van der Waals surface area contributed by atoms with Crippen LogP contribution >= 0.6 is 11.6 Å². The number of piperazine rings is 1. The summed E-state index contributed by atoms with van der Waals surface area (Å²) < 4.78 is 0. The van der Waals surface area contributed by atoms with E-state index in [9.17, 15) is 0 Å². The zero-order valence-corrected chi connectivity index (χ0v) is 13.9. The van der Waals surface area contributed by atoms with Gasteiger partial charge in [-0.3, -0.25) is 4.90 Å². The Balaban J connectivity index is 1.64. The molecule has 1 unspecified atom stereocenters. The van der Waals surface area contributed by atoms with Gasteiger partial charge in [0.1, 0.15) is 0 Å². The fourth-order valence-corrected chi connectivity index (χ4v) is 3.36. The first-order chi connectivity index (χ1) is 10.2. The van der Waals surface area contributed by atoms with Crippen molar-refractivity contribution in [1.82, 2.24) is 10.2 Å². The van der Waals surface area contributed by atoms with Crippen LogP contribution in [0.3, 0.4) is 0 Å². The first-order valence-electron chi connectivity index (χ1n) is 8.18. The number of likely N-dealkylation sites (N-methyl/N-ethyl adjacent to an activating group) is 1. The molecule has 116 valence electrons. The quantitative estimate of drug-likeness (QED) is 0.901. The van der Waals surface area contributed by atoms with Crippen LogP contribution in [0.2, 0.25) is 5.02 Å². The summed E-state index contributed by atoms with van der Waals surface area (Å²) in [6, 6.07) is 7.89. The maximum Gasteiger partial charge on any atom is 0.0471 e. The normalized spacial score (nSPS) is 23.6. The van der Waals surface area contributed by atoms with Crippen LogP contribution in [0.25, 0.3) is 0 Å². The molecule has 0 amide bonds. The highest BCUT2D eigenvalue weighted by Gasteiger charge is 2.23. The monoisotopic (exact) mass is 307 g/mol. The second kappa shape index (κ2) is 6.55. The SMILES string of the molecule is CCN1CCN(c2ccc(CNC3CC3)c(Cl)c2)CC1C. The zero-order valence-electron chi connectivity index (χ0n) is 13.1. The highest BCUT2D eigenvalue weighted by molar-refractivity contribution is 6.31. The summed E-state index contributed by atoms with van der Waals surface area (Å²) in [5, 5.41) is 4.42. The van der Waals surface area contributed by atoms with E-state index in [-0.39, 0.29) is 0 Å². The van der Waals surface area contributed by atoms with Crippen LogP contribution in [0, 0.1) is 0 Å². The lowest BCUT2D eigenvalue weighted by atomic mass is 10.1. The number of halogens is 1. The molecular weight excluding hydrogens is 282 g/mol. The summed E-state index contributed by atoms with van der Waals surface area (Å²) in [6.07, 6.45) is 2.63. The van der Waals surface area contributed by atoms with E-state index in [2.05, 4.69) is 47.2 Å². The van der Waals surface area contributed by atoms with Crippen molar-refractivity contribution in [3.63, 3.8) is 0 Å². The summed E-state index contributed by atoms with van der Waals surface area (Å²) in [5.41, 5.74) is 2.48. The van der Waals surface area contributed by atoms with Crippen LogP contribution < -0.4 is 10.2 Å². The predicted molar refractivity (Wildman–Crippen MR) is 90.2 cm³/mol. The van der Waals surface area contributed by atoms with E-state index in [1.165, 1.54) is 24.1 Å². The maximum atomic E-state index is 6.47. The number of nitrogens with one attached hydrogen (secondary N) is 1. The highest BCUT2D eigenvalue weighted by Crippen LogP contribution is 2.27. The first kappa shape index (κ1) is 15.1. The fraction of sp³-hybridized carbons (Fsp3) is 0.647. The summed E-state index contributed by atoms with van der Waals surface area (Å²) in [6.45, 7) is 9.90. The minimum atomic E-state index is 0.610. The summed E-state index contributed by atoms with van der Waals surface area (Å²) in [5.74, 6) is 0. The molecule has 1 saturated carbocycles. The van der Waals surface area contributed by atoms with Gasteiger partial charge in [-0.25, -0.2) is 0 Å². The Labute approximate surface area is 133 Å².